The topological polar surface area (TPSA) is 29.4 Å². The molecule has 2 nitrogen and oxygen atoms in total. The van der Waals surface area contributed by atoms with E-state index in [-0.39, 0.29) is 4.75 Å². The van der Waals surface area contributed by atoms with E-state index in [0.717, 1.165) is 28.6 Å². The minimum atomic E-state index is -1.17. The summed E-state index contributed by atoms with van der Waals surface area (Å²) in [5.41, 5.74) is 3.43. The van der Waals surface area contributed by atoms with Gasteiger partial charge in [-0.05, 0) is 51.3 Å². The minimum absolute atomic E-state index is 0.290. The first-order chi connectivity index (χ1) is 7.88. The first-order valence-corrected chi connectivity index (χ1v) is 7.56. The molecule has 4 heteroatoms. The summed E-state index contributed by atoms with van der Waals surface area (Å²) < 4.78 is 17.2. The number of fused-ring (bicyclic) bond motifs is 1. The Morgan fingerprint density at radius 3 is 2.65 bits per heavy atom. The van der Waals surface area contributed by atoms with Crippen LogP contribution in [0, 0.1) is 0 Å². The Morgan fingerprint density at radius 1 is 1.29 bits per heavy atom. The summed E-state index contributed by atoms with van der Waals surface area (Å²) in [7, 11) is -1.17. The van der Waals surface area contributed by atoms with Crippen LogP contribution in [0.1, 0.15) is 38.3 Å². The van der Waals surface area contributed by atoms with Crippen LogP contribution in [0.5, 0.6) is 0 Å². The highest BCUT2D eigenvalue weighted by Gasteiger charge is 2.23. The molecule has 1 atom stereocenters. The van der Waals surface area contributed by atoms with Crippen LogP contribution in [-0.2, 0) is 17.4 Å². The maximum Gasteiger partial charge on any atom is 0.145 e. The second-order valence-corrected chi connectivity index (χ2v) is 8.02. The lowest BCUT2D eigenvalue weighted by molar-refractivity contribution is 0.650. The second-order valence-electron chi connectivity index (χ2n) is 5.20. The minimum Gasteiger partial charge on any atom is -0.234 e. The van der Waals surface area contributed by atoms with Crippen molar-refractivity contribution in [2.75, 3.05) is 0 Å². The summed E-state index contributed by atoms with van der Waals surface area (Å²) in [5.74, 6) is 0. The van der Waals surface area contributed by atoms with Crippen molar-refractivity contribution in [1.82, 2.24) is 0 Å². The molecule has 0 radical (unpaired) electrons. The first kappa shape index (κ1) is 13.0. The lowest BCUT2D eigenvalue weighted by Gasteiger charge is -2.14. The van der Waals surface area contributed by atoms with Gasteiger partial charge in [0.25, 0.3) is 0 Å². The molecule has 1 aliphatic carbocycles. The van der Waals surface area contributed by atoms with Crippen molar-refractivity contribution in [3.05, 3.63) is 33.8 Å². The third kappa shape index (κ3) is 2.86. The van der Waals surface area contributed by atoms with Crippen molar-refractivity contribution >= 4 is 32.6 Å². The molecule has 0 spiro atoms. The summed E-state index contributed by atoms with van der Waals surface area (Å²) in [6.45, 7) is 5.85. The molecule has 0 fully saturated rings. The molecule has 1 aromatic carbocycles. The monoisotopic (exact) mass is 313 g/mol. The summed E-state index contributed by atoms with van der Waals surface area (Å²) in [4.78, 5) is 0. The van der Waals surface area contributed by atoms with Gasteiger partial charge in [-0.25, -0.2) is 4.21 Å². The number of hydrogen-bond acceptors (Lipinski definition) is 1. The number of benzene rings is 1. The van der Waals surface area contributed by atoms with Gasteiger partial charge < -0.3 is 0 Å². The van der Waals surface area contributed by atoms with Gasteiger partial charge in [0.15, 0.2) is 0 Å². The van der Waals surface area contributed by atoms with Crippen LogP contribution in [-0.4, -0.2) is 14.7 Å². The summed E-state index contributed by atoms with van der Waals surface area (Å²) in [6.07, 6.45) is 1.90. The van der Waals surface area contributed by atoms with Crippen LogP contribution in [0.2, 0.25) is 0 Å². The molecule has 0 bridgehead atoms. The zero-order valence-corrected chi connectivity index (χ0v) is 12.7. The number of halogens is 1. The molecule has 0 saturated carbocycles. The van der Waals surface area contributed by atoms with Crippen LogP contribution >= 0.6 is 15.9 Å². The Kier molecular flexibility index (Phi) is 3.55. The molecule has 92 valence electrons. The largest absolute Gasteiger partial charge is 0.234 e. The van der Waals surface area contributed by atoms with Crippen molar-refractivity contribution in [3.63, 3.8) is 0 Å². The van der Waals surface area contributed by atoms with Crippen molar-refractivity contribution < 1.29 is 4.21 Å². The number of hydrogen-bond donors (Lipinski definition) is 0. The maximum atomic E-state index is 12.0. The highest BCUT2D eigenvalue weighted by molar-refractivity contribution is 9.10. The molecule has 0 N–H and O–H groups in total. The molecule has 0 aromatic heterocycles. The van der Waals surface area contributed by atoms with E-state index in [2.05, 4.69) is 32.5 Å². The predicted molar refractivity (Wildman–Crippen MR) is 76.9 cm³/mol. The summed E-state index contributed by atoms with van der Waals surface area (Å²) >= 11 is 3.47. The average molecular weight is 314 g/mol. The Labute approximate surface area is 113 Å². The first-order valence-electron chi connectivity index (χ1n) is 5.66. The third-order valence-electron chi connectivity index (χ3n) is 2.73. The van der Waals surface area contributed by atoms with Crippen molar-refractivity contribution in [2.24, 2.45) is 4.40 Å². The standard InChI is InChI=1S/C13H16BrNOS/c1-13(2,3)17(16)15-12-7-5-9-4-6-10(14)8-11(9)12/h4,6,8H,5,7H2,1-3H3/b15-12-. The molecule has 1 aromatic rings. The third-order valence-corrected chi connectivity index (χ3v) is 4.66. The van der Waals surface area contributed by atoms with Gasteiger partial charge in [-0.2, -0.15) is 4.40 Å². The van der Waals surface area contributed by atoms with Gasteiger partial charge in [-0.15, -0.1) is 0 Å². The van der Waals surface area contributed by atoms with Crippen LogP contribution in [0.4, 0.5) is 0 Å². The van der Waals surface area contributed by atoms with Gasteiger partial charge in [0.2, 0.25) is 0 Å². The molecule has 0 heterocycles. The van der Waals surface area contributed by atoms with Crippen LogP contribution in [0.3, 0.4) is 0 Å². The van der Waals surface area contributed by atoms with Gasteiger partial charge in [0, 0.05) is 10.0 Å². The molecular weight excluding hydrogens is 298 g/mol. The quantitative estimate of drug-likeness (QED) is 0.778. The van der Waals surface area contributed by atoms with E-state index < -0.39 is 11.0 Å². The van der Waals surface area contributed by atoms with Crippen LogP contribution in [0.25, 0.3) is 0 Å². The van der Waals surface area contributed by atoms with Gasteiger partial charge in [0.1, 0.15) is 11.0 Å². The Balaban J connectivity index is 2.37. The Hall–Kier alpha value is -0.480. The average Bonchev–Trinajstić information content (AvgIpc) is 2.60. The van der Waals surface area contributed by atoms with Gasteiger partial charge in [0.05, 0.1) is 10.5 Å². The van der Waals surface area contributed by atoms with Crippen LogP contribution < -0.4 is 0 Å². The fourth-order valence-corrected chi connectivity index (χ4v) is 2.78. The molecule has 1 unspecified atom stereocenters. The molecule has 2 rings (SSSR count). The van der Waals surface area contributed by atoms with E-state index in [1.807, 2.05) is 26.8 Å². The second kappa shape index (κ2) is 4.65. The Morgan fingerprint density at radius 2 is 2.00 bits per heavy atom. The number of nitrogens with zero attached hydrogens (tertiary/aromatic N) is 1. The maximum absolute atomic E-state index is 12.0. The van der Waals surface area contributed by atoms with Gasteiger partial charge in [-0.1, -0.05) is 22.0 Å². The fourth-order valence-electron chi connectivity index (χ4n) is 1.75. The lowest BCUT2D eigenvalue weighted by atomic mass is 10.1. The van der Waals surface area contributed by atoms with E-state index in [1.54, 1.807) is 0 Å². The van der Waals surface area contributed by atoms with Crippen LogP contribution in [0.15, 0.2) is 27.1 Å². The lowest BCUT2D eigenvalue weighted by Crippen LogP contribution is -2.20. The predicted octanol–water partition coefficient (Wildman–Crippen LogP) is 3.65. The van der Waals surface area contributed by atoms with Crippen molar-refractivity contribution in [2.45, 2.75) is 38.4 Å². The summed E-state index contributed by atoms with van der Waals surface area (Å²) in [6, 6.07) is 6.23. The number of rotatable bonds is 1. The highest BCUT2D eigenvalue weighted by Crippen LogP contribution is 2.27. The molecule has 0 saturated heterocycles. The molecule has 1 aliphatic rings. The van der Waals surface area contributed by atoms with E-state index in [4.69, 9.17) is 0 Å². The van der Waals surface area contributed by atoms with E-state index >= 15 is 0 Å². The van der Waals surface area contributed by atoms with E-state index in [9.17, 15) is 4.21 Å². The molecule has 0 aliphatic heterocycles. The molecule has 0 amide bonds. The molecular formula is C13H16BrNOS. The zero-order chi connectivity index (χ0) is 12.6. The van der Waals surface area contributed by atoms with E-state index in [0.29, 0.717) is 0 Å². The van der Waals surface area contributed by atoms with E-state index in [1.165, 1.54) is 5.56 Å². The van der Waals surface area contributed by atoms with Gasteiger partial charge >= 0.3 is 0 Å². The van der Waals surface area contributed by atoms with Crippen molar-refractivity contribution in [1.29, 1.82) is 0 Å². The zero-order valence-electron chi connectivity index (χ0n) is 10.3. The summed E-state index contributed by atoms with van der Waals surface area (Å²) in [5, 5.41) is 0. The normalized spacial score (nSPS) is 19.4. The van der Waals surface area contributed by atoms with Crippen molar-refractivity contribution in [3.8, 4) is 0 Å². The van der Waals surface area contributed by atoms with Gasteiger partial charge in [-0.3, -0.25) is 0 Å². The molecule has 17 heavy (non-hydrogen) atoms. The number of aryl methyl sites for hydroxylation is 1. The SMILES string of the molecule is CC(C)(C)S(=O)/N=C1/CCc2ccc(Br)cc21. The smallest absolute Gasteiger partial charge is 0.145 e. The fraction of sp³-hybridized carbons (Fsp3) is 0.462. The highest BCUT2D eigenvalue weighted by atomic mass is 79.9. The Bertz CT molecular complexity index is 503.